The Bertz CT molecular complexity index is 629. The highest BCUT2D eigenvalue weighted by atomic mass is 16.3. The summed E-state index contributed by atoms with van der Waals surface area (Å²) in [7, 11) is 0. The molecule has 1 aliphatic carbocycles. The number of nitrogens with two attached hydrogens (primary N) is 1. The van der Waals surface area contributed by atoms with Gasteiger partial charge in [0.05, 0.1) is 18.6 Å². The number of aryl methyl sites for hydroxylation is 2. The van der Waals surface area contributed by atoms with Crippen LogP contribution in [0.25, 0.3) is 0 Å². The summed E-state index contributed by atoms with van der Waals surface area (Å²) in [5, 5.41) is 9.82. The molecular formula is C18H24N2O3. The second-order valence-corrected chi connectivity index (χ2v) is 6.78. The van der Waals surface area contributed by atoms with E-state index in [2.05, 4.69) is 0 Å². The van der Waals surface area contributed by atoms with Gasteiger partial charge < -0.3 is 15.7 Å². The molecule has 1 aromatic carbocycles. The third-order valence-electron chi connectivity index (χ3n) is 5.23. The maximum atomic E-state index is 13.0. The number of fused-ring (bicyclic) bond motifs is 1. The highest BCUT2D eigenvalue weighted by molar-refractivity contribution is 5.95. The van der Waals surface area contributed by atoms with Crippen LogP contribution in [-0.4, -0.2) is 40.5 Å². The van der Waals surface area contributed by atoms with Crippen LogP contribution in [0.1, 0.15) is 53.6 Å². The molecule has 124 valence electrons. The lowest BCUT2D eigenvalue weighted by Gasteiger charge is -2.36. The maximum Gasteiger partial charge on any atom is 0.254 e. The number of likely N-dealkylation sites (tertiary alicyclic amines) is 1. The molecule has 3 rings (SSSR count). The van der Waals surface area contributed by atoms with Gasteiger partial charge in [-0.15, -0.1) is 0 Å². The minimum atomic E-state index is -0.835. The molecule has 1 atom stereocenters. The van der Waals surface area contributed by atoms with E-state index in [1.165, 1.54) is 17.5 Å². The Morgan fingerprint density at radius 3 is 2.61 bits per heavy atom. The van der Waals surface area contributed by atoms with Crippen molar-refractivity contribution < 1.29 is 14.7 Å². The Balaban J connectivity index is 1.88. The first-order chi connectivity index (χ1) is 11.1. The van der Waals surface area contributed by atoms with Gasteiger partial charge in [0.1, 0.15) is 0 Å². The first-order valence-corrected chi connectivity index (χ1v) is 8.39. The summed E-state index contributed by atoms with van der Waals surface area (Å²) in [6, 6.07) is 5.91. The van der Waals surface area contributed by atoms with Crippen LogP contribution < -0.4 is 5.73 Å². The lowest BCUT2D eigenvalue weighted by atomic mass is 9.89. The molecule has 1 aromatic rings. The van der Waals surface area contributed by atoms with E-state index < -0.39 is 11.4 Å². The van der Waals surface area contributed by atoms with Crippen molar-refractivity contribution in [1.82, 2.24) is 4.90 Å². The van der Waals surface area contributed by atoms with Crippen molar-refractivity contribution >= 4 is 11.8 Å². The van der Waals surface area contributed by atoms with Crippen molar-refractivity contribution in [2.45, 2.75) is 50.5 Å². The lowest BCUT2D eigenvalue weighted by Crippen LogP contribution is -2.52. The largest absolute Gasteiger partial charge is 0.394 e. The van der Waals surface area contributed by atoms with Crippen molar-refractivity contribution in [3.05, 3.63) is 34.9 Å². The van der Waals surface area contributed by atoms with Crippen LogP contribution in [0.2, 0.25) is 0 Å². The van der Waals surface area contributed by atoms with Crippen LogP contribution in [-0.2, 0) is 17.6 Å². The summed E-state index contributed by atoms with van der Waals surface area (Å²) in [5.74, 6) is -0.588. The van der Waals surface area contributed by atoms with Gasteiger partial charge in [0, 0.05) is 12.1 Å². The highest BCUT2D eigenvalue weighted by Gasteiger charge is 2.44. The quantitative estimate of drug-likeness (QED) is 0.881. The van der Waals surface area contributed by atoms with Crippen molar-refractivity contribution in [2.75, 3.05) is 13.2 Å². The number of hydrogen-bond acceptors (Lipinski definition) is 3. The lowest BCUT2D eigenvalue weighted by molar-refractivity contribution is -0.120. The zero-order chi connectivity index (χ0) is 16.4. The second-order valence-electron chi connectivity index (χ2n) is 6.78. The average molecular weight is 316 g/mol. The number of aliphatic hydroxyl groups excluding tert-OH is 1. The zero-order valence-corrected chi connectivity index (χ0v) is 13.4. The predicted octanol–water partition coefficient (Wildman–Crippen LogP) is 1.41. The molecule has 0 radical (unpaired) electrons. The molecular weight excluding hydrogens is 292 g/mol. The van der Waals surface area contributed by atoms with E-state index in [1.54, 1.807) is 4.90 Å². The molecule has 2 aliphatic rings. The van der Waals surface area contributed by atoms with Crippen molar-refractivity contribution in [2.24, 2.45) is 5.73 Å². The molecule has 2 amide bonds. The van der Waals surface area contributed by atoms with Crippen molar-refractivity contribution in [3.8, 4) is 0 Å². The molecule has 1 aliphatic heterocycles. The van der Waals surface area contributed by atoms with Crippen LogP contribution in [0.15, 0.2) is 18.2 Å². The number of carbonyl (C=O) groups excluding carboxylic acids is 2. The summed E-state index contributed by atoms with van der Waals surface area (Å²) < 4.78 is 0. The van der Waals surface area contributed by atoms with Crippen LogP contribution in [0.3, 0.4) is 0 Å². The summed E-state index contributed by atoms with van der Waals surface area (Å²) in [6.45, 7) is 0.330. The molecule has 1 unspecified atom stereocenters. The molecule has 5 nitrogen and oxygen atoms in total. The van der Waals surface area contributed by atoms with Crippen LogP contribution in [0.5, 0.6) is 0 Å². The standard InChI is InChI=1S/C18H24N2O3/c19-16(22)11-18(12-21)8-3-9-20(18)17(23)15-7-6-13-4-1-2-5-14(13)10-15/h6-7,10,21H,1-5,8-9,11-12H2,(H2,19,22). The first-order valence-electron chi connectivity index (χ1n) is 8.39. The number of primary amides is 1. The molecule has 0 bridgehead atoms. The number of benzene rings is 1. The van der Waals surface area contributed by atoms with E-state index in [4.69, 9.17) is 5.73 Å². The minimum Gasteiger partial charge on any atom is -0.394 e. The normalized spacial score (nSPS) is 23.6. The van der Waals surface area contributed by atoms with Crippen molar-refractivity contribution in [1.29, 1.82) is 0 Å². The first kappa shape index (κ1) is 16.0. The van der Waals surface area contributed by atoms with Gasteiger partial charge in [-0.1, -0.05) is 6.07 Å². The van der Waals surface area contributed by atoms with Gasteiger partial charge in [0.25, 0.3) is 5.91 Å². The molecule has 1 saturated heterocycles. The van der Waals surface area contributed by atoms with Crippen LogP contribution >= 0.6 is 0 Å². The third kappa shape index (κ3) is 2.98. The fourth-order valence-corrected chi connectivity index (χ4v) is 4.01. The monoisotopic (exact) mass is 316 g/mol. The summed E-state index contributed by atoms with van der Waals surface area (Å²) in [6.07, 6.45) is 5.88. The molecule has 0 aromatic heterocycles. The Morgan fingerprint density at radius 1 is 1.17 bits per heavy atom. The average Bonchev–Trinajstić information content (AvgIpc) is 2.97. The molecule has 1 heterocycles. The Kier molecular flexibility index (Phi) is 4.39. The number of rotatable bonds is 4. The fourth-order valence-electron chi connectivity index (χ4n) is 4.01. The molecule has 0 spiro atoms. The van der Waals surface area contributed by atoms with Crippen LogP contribution in [0, 0.1) is 0 Å². The number of hydrogen-bond donors (Lipinski definition) is 2. The Hall–Kier alpha value is -1.88. The van der Waals surface area contributed by atoms with Gasteiger partial charge in [-0.2, -0.15) is 0 Å². The van der Waals surface area contributed by atoms with E-state index in [9.17, 15) is 14.7 Å². The third-order valence-corrected chi connectivity index (χ3v) is 5.23. The number of nitrogens with zero attached hydrogens (tertiary/aromatic N) is 1. The van der Waals surface area contributed by atoms with Gasteiger partial charge in [0.2, 0.25) is 5.91 Å². The van der Waals surface area contributed by atoms with Gasteiger partial charge in [0.15, 0.2) is 0 Å². The smallest absolute Gasteiger partial charge is 0.254 e. The minimum absolute atomic E-state index is 0.0141. The maximum absolute atomic E-state index is 13.0. The van der Waals surface area contributed by atoms with E-state index in [0.717, 1.165) is 25.7 Å². The number of aliphatic hydroxyl groups is 1. The van der Waals surface area contributed by atoms with Gasteiger partial charge in [-0.05, 0) is 61.8 Å². The molecule has 1 fully saturated rings. The summed E-state index contributed by atoms with van der Waals surface area (Å²) in [4.78, 5) is 26.0. The SMILES string of the molecule is NC(=O)CC1(CO)CCCN1C(=O)c1ccc2c(c1)CCCC2. The molecule has 3 N–H and O–H groups in total. The number of amides is 2. The van der Waals surface area contributed by atoms with E-state index >= 15 is 0 Å². The molecule has 0 saturated carbocycles. The molecule has 5 heteroatoms. The van der Waals surface area contributed by atoms with E-state index in [-0.39, 0.29) is 18.9 Å². The second kappa shape index (κ2) is 6.32. The number of carbonyl (C=O) groups is 2. The highest BCUT2D eigenvalue weighted by Crippen LogP contribution is 2.34. The van der Waals surface area contributed by atoms with E-state index in [1.807, 2.05) is 18.2 Å². The van der Waals surface area contributed by atoms with Gasteiger partial charge in [-0.25, -0.2) is 0 Å². The fraction of sp³-hybridized carbons (Fsp3) is 0.556. The Morgan fingerprint density at radius 2 is 1.91 bits per heavy atom. The Labute approximate surface area is 136 Å². The predicted molar refractivity (Wildman–Crippen MR) is 87.0 cm³/mol. The van der Waals surface area contributed by atoms with Gasteiger partial charge in [-0.3, -0.25) is 9.59 Å². The summed E-state index contributed by atoms with van der Waals surface area (Å²) >= 11 is 0. The summed E-state index contributed by atoms with van der Waals surface area (Å²) in [5.41, 5.74) is 7.74. The topological polar surface area (TPSA) is 83.6 Å². The van der Waals surface area contributed by atoms with Crippen LogP contribution in [0.4, 0.5) is 0 Å². The van der Waals surface area contributed by atoms with Crippen molar-refractivity contribution in [3.63, 3.8) is 0 Å². The molecule has 23 heavy (non-hydrogen) atoms. The van der Waals surface area contributed by atoms with Gasteiger partial charge >= 0.3 is 0 Å². The van der Waals surface area contributed by atoms with E-state index in [0.29, 0.717) is 18.5 Å². The zero-order valence-electron chi connectivity index (χ0n) is 13.4.